The van der Waals surface area contributed by atoms with Crippen molar-refractivity contribution in [3.05, 3.63) is 106 Å². The van der Waals surface area contributed by atoms with E-state index in [-0.39, 0.29) is 5.91 Å². The Morgan fingerprint density at radius 1 is 0.955 bits per heavy atom. The summed E-state index contributed by atoms with van der Waals surface area (Å²) in [6.07, 6.45) is 5.61. The average Bonchev–Trinajstić information content (AvgIpc) is 3.03. The van der Waals surface area contributed by atoms with Crippen LogP contribution in [0, 0.1) is 5.92 Å². The van der Waals surface area contributed by atoms with Gasteiger partial charge < -0.3 is 20.6 Å². The van der Waals surface area contributed by atoms with Crippen LogP contribution in [-0.4, -0.2) is 53.0 Å². The van der Waals surface area contributed by atoms with Gasteiger partial charge in [0.25, 0.3) is 0 Å². The zero-order chi connectivity index (χ0) is 31.9. The SMILES string of the molecule is CSc1ccc(C=CC(=O)N2CCC(C(=O)NC(C(=O)O)(c3ccccc3)C(NC(C)=O)c3ccccc3)CC2)c(Cl)c1Cl. The molecule has 4 rings (SSSR count). The highest BCUT2D eigenvalue weighted by molar-refractivity contribution is 7.98. The predicted octanol–water partition coefficient (Wildman–Crippen LogP) is 5.94. The molecule has 44 heavy (non-hydrogen) atoms. The van der Waals surface area contributed by atoms with Crippen LogP contribution in [0.4, 0.5) is 0 Å². The molecule has 11 heteroatoms. The number of hydrogen-bond acceptors (Lipinski definition) is 5. The summed E-state index contributed by atoms with van der Waals surface area (Å²) in [6, 6.07) is 19.6. The Bertz CT molecular complexity index is 1550. The molecule has 2 unspecified atom stereocenters. The lowest BCUT2D eigenvalue weighted by Crippen LogP contribution is -2.61. The predicted molar refractivity (Wildman–Crippen MR) is 173 cm³/mol. The Balaban J connectivity index is 1.54. The van der Waals surface area contributed by atoms with Gasteiger partial charge in [0.05, 0.1) is 16.1 Å². The smallest absolute Gasteiger partial charge is 0.336 e. The van der Waals surface area contributed by atoms with Gasteiger partial charge in [0.15, 0.2) is 5.54 Å². The van der Waals surface area contributed by atoms with Crippen LogP contribution in [0.25, 0.3) is 6.08 Å². The van der Waals surface area contributed by atoms with Crippen LogP contribution < -0.4 is 10.6 Å². The molecule has 1 saturated heterocycles. The van der Waals surface area contributed by atoms with Crippen molar-refractivity contribution in [1.82, 2.24) is 15.5 Å². The Morgan fingerprint density at radius 2 is 1.57 bits per heavy atom. The number of nitrogens with one attached hydrogen (secondary N) is 2. The zero-order valence-corrected chi connectivity index (χ0v) is 26.6. The number of amides is 3. The highest BCUT2D eigenvalue weighted by Crippen LogP contribution is 2.38. The van der Waals surface area contributed by atoms with Gasteiger partial charge >= 0.3 is 5.97 Å². The quantitative estimate of drug-likeness (QED) is 0.184. The number of carboxylic acid groups (broad SMARTS) is 1. The number of rotatable bonds is 10. The first-order valence-electron chi connectivity index (χ1n) is 14.0. The van der Waals surface area contributed by atoms with Crippen molar-refractivity contribution < 1.29 is 24.3 Å². The molecule has 230 valence electrons. The van der Waals surface area contributed by atoms with Gasteiger partial charge in [-0.25, -0.2) is 4.79 Å². The third kappa shape index (κ3) is 7.29. The van der Waals surface area contributed by atoms with Crippen LogP contribution in [0.3, 0.4) is 0 Å². The molecule has 0 spiro atoms. The summed E-state index contributed by atoms with van der Waals surface area (Å²) in [5.74, 6) is -3.02. The average molecular weight is 655 g/mol. The number of benzene rings is 3. The molecule has 8 nitrogen and oxygen atoms in total. The number of thioether (sulfide) groups is 1. The number of nitrogens with zero attached hydrogens (tertiary/aromatic N) is 1. The molecule has 0 bridgehead atoms. The Labute approximate surface area is 270 Å². The minimum absolute atomic E-state index is 0.232. The van der Waals surface area contributed by atoms with Crippen molar-refractivity contribution in [2.24, 2.45) is 5.92 Å². The zero-order valence-electron chi connectivity index (χ0n) is 24.3. The third-order valence-corrected chi connectivity index (χ3v) is 9.47. The lowest BCUT2D eigenvalue weighted by Gasteiger charge is -2.40. The summed E-state index contributed by atoms with van der Waals surface area (Å²) < 4.78 is 0. The van der Waals surface area contributed by atoms with Gasteiger partial charge in [-0.3, -0.25) is 14.4 Å². The maximum absolute atomic E-state index is 13.8. The molecule has 3 aromatic rings. The topological polar surface area (TPSA) is 116 Å². The summed E-state index contributed by atoms with van der Waals surface area (Å²) in [5.41, 5.74) is -0.556. The standard InChI is InChI=1S/C33H33Cl2N3O5S/c1-21(39)36-30(23-9-5-3-6-10-23)33(32(42)43,25-11-7-4-8-12-25)37-31(41)24-17-19-38(20-18-24)27(40)16-14-22-13-15-26(44-2)29(35)28(22)34/h3-16,24,30H,17-20H2,1-2H3,(H,36,39)(H,37,41)(H,42,43). The molecule has 3 N–H and O–H groups in total. The molecule has 0 saturated carbocycles. The highest BCUT2D eigenvalue weighted by Gasteiger charge is 2.51. The fourth-order valence-electron chi connectivity index (χ4n) is 5.36. The van der Waals surface area contributed by atoms with Crippen molar-refractivity contribution >= 4 is 64.7 Å². The molecule has 1 aliphatic heterocycles. The molecule has 1 heterocycles. The van der Waals surface area contributed by atoms with Crippen molar-refractivity contribution in [3.8, 4) is 0 Å². The maximum atomic E-state index is 13.8. The van der Waals surface area contributed by atoms with Crippen LogP contribution in [0.5, 0.6) is 0 Å². The van der Waals surface area contributed by atoms with Crippen LogP contribution in [0.15, 0.2) is 83.8 Å². The summed E-state index contributed by atoms with van der Waals surface area (Å²) in [4.78, 5) is 54.8. The van der Waals surface area contributed by atoms with Gasteiger partial charge in [-0.2, -0.15) is 0 Å². The minimum atomic E-state index is -2.01. The van der Waals surface area contributed by atoms with E-state index in [9.17, 15) is 24.3 Å². The molecule has 2 atom stereocenters. The van der Waals surface area contributed by atoms with Crippen molar-refractivity contribution in [3.63, 3.8) is 0 Å². The second kappa shape index (κ2) is 14.8. The van der Waals surface area contributed by atoms with Crippen molar-refractivity contribution in [2.75, 3.05) is 19.3 Å². The van der Waals surface area contributed by atoms with E-state index >= 15 is 0 Å². The lowest BCUT2D eigenvalue weighted by atomic mass is 9.78. The largest absolute Gasteiger partial charge is 0.479 e. The van der Waals surface area contributed by atoms with Crippen molar-refractivity contribution in [2.45, 2.75) is 36.2 Å². The number of aliphatic carboxylic acids is 1. The summed E-state index contributed by atoms with van der Waals surface area (Å²) >= 11 is 14.2. The molecule has 1 fully saturated rings. The van der Waals surface area contributed by atoms with E-state index in [1.54, 1.807) is 77.7 Å². The fraction of sp³-hybridized carbons (Fsp3) is 0.273. The summed E-state index contributed by atoms with van der Waals surface area (Å²) in [7, 11) is 0. The molecule has 0 radical (unpaired) electrons. The van der Waals surface area contributed by atoms with E-state index in [0.717, 1.165) is 4.90 Å². The van der Waals surface area contributed by atoms with E-state index in [1.165, 1.54) is 24.8 Å². The van der Waals surface area contributed by atoms with Gasteiger partial charge in [-0.05, 0) is 47.9 Å². The summed E-state index contributed by atoms with van der Waals surface area (Å²) in [5, 5.41) is 17.2. The molecule has 3 amide bonds. The first-order valence-corrected chi connectivity index (χ1v) is 16.0. The van der Waals surface area contributed by atoms with Gasteiger partial charge in [0, 0.05) is 36.9 Å². The molecule has 3 aromatic carbocycles. The Hall–Kier alpha value is -3.79. The number of hydrogen-bond donors (Lipinski definition) is 3. The molecule has 0 aliphatic carbocycles. The molecular weight excluding hydrogens is 621 g/mol. The van der Waals surface area contributed by atoms with Gasteiger partial charge in [-0.15, -0.1) is 11.8 Å². The van der Waals surface area contributed by atoms with Gasteiger partial charge in [0.1, 0.15) is 0 Å². The molecule has 1 aliphatic rings. The van der Waals surface area contributed by atoms with Crippen LogP contribution in [0.1, 0.15) is 42.5 Å². The minimum Gasteiger partial charge on any atom is -0.479 e. The fourth-order valence-corrected chi connectivity index (χ4v) is 6.53. The summed E-state index contributed by atoms with van der Waals surface area (Å²) in [6.45, 7) is 1.92. The highest BCUT2D eigenvalue weighted by atomic mass is 35.5. The van der Waals surface area contributed by atoms with Crippen molar-refractivity contribution in [1.29, 1.82) is 0 Å². The normalized spacial score (nSPS) is 15.8. The van der Waals surface area contributed by atoms with Gasteiger partial charge in [0.2, 0.25) is 17.7 Å². The number of piperidine rings is 1. The monoisotopic (exact) mass is 653 g/mol. The van der Waals surface area contributed by atoms with E-state index in [0.29, 0.717) is 52.7 Å². The van der Waals surface area contributed by atoms with E-state index in [1.807, 2.05) is 12.3 Å². The second-order valence-corrected chi connectivity index (χ2v) is 12.0. The lowest BCUT2D eigenvalue weighted by molar-refractivity contribution is -0.151. The van der Waals surface area contributed by atoms with Crippen LogP contribution in [-0.2, 0) is 24.7 Å². The Kier molecular flexibility index (Phi) is 11.1. The van der Waals surface area contributed by atoms with E-state index in [4.69, 9.17) is 23.2 Å². The number of likely N-dealkylation sites (tertiary alicyclic amines) is 1. The van der Waals surface area contributed by atoms with Crippen LogP contribution in [0.2, 0.25) is 10.0 Å². The van der Waals surface area contributed by atoms with Gasteiger partial charge in [-0.1, -0.05) is 89.9 Å². The number of carbonyl (C=O) groups excluding carboxylic acids is 3. The third-order valence-electron chi connectivity index (χ3n) is 7.68. The first kappa shape index (κ1) is 33.1. The van der Waals surface area contributed by atoms with E-state index < -0.39 is 35.3 Å². The maximum Gasteiger partial charge on any atom is 0.336 e. The number of halogens is 2. The molecule has 0 aromatic heterocycles. The van der Waals surface area contributed by atoms with E-state index in [2.05, 4.69) is 10.6 Å². The first-order chi connectivity index (χ1) is 21.1. The van der Waals surface area contributed by atoms with Crippen LogP contribution >= 0.6 is 35.0 Å². The second-order valence-electron chi connectivity index (χ2n) is 10.4. The number of carboxylic acids is 1. The number of carbonyl (C=O) groups is 4. The Morgan fingerprint density at radius 3 is 2.14 bits per heavy atom. The molecular formula is C33H33Cl2N3O5S.